The number of halogens is 1. The Morgan fingerprint density at radius 1 is 1.25 bits per heavy atom. The number of para-hydroxylation sites is 1. The summed E-state index contributed by atoms with van der Waals surface area (Å²) in [4.78, 5) is 11.2. The van der Waals surface area contributed by atoms with Gasteiger partial charge < -0.3 is 16.8 Å². The summed E-state index contributed by atoms with van der Waals surface area (Å²) in [5, 5.41) is 3.34. The number of benzene rings is 2. The van der Waals surface area contributed by atoms with Crippen molar-refractivity contribution in [3.63, 3.8) is 0 Å². The van der Waals surface area contributed by atoms with E-state index in [9.17, 15) is 4.79 Å². The fraction of sp³-hybridized carbons (Fsp3) is 0.133. The quantitative estimate of drug-likeness (QED) is 0.751. The van der Waals surface area contributed by atoms with Crippen LogP contribution in [0.25, 0.3) is 0 Å². The first-order chi connectivity index (χ1) is 9.49. The summed E-state index contributed by atoms with van der Waals surface area (Å²) < 4.78 is 0.670. The lowest BCUT2D eigenvalue weighted by Gasteiger charge is -2.18. The Hall–Kier alpha value is -2.01. The Labute approximate surface area is 126 Å². The van der Waals surface area contributed by atoms with Crippen LogP contribution in [0.3, 0.4) is 0 Å². The monoisotopic (exact) mass is 333 g/mol. The van der Waals surface area contributed by atoms with E-state index < -0.39 is 5.91 Å². The largest absolute Gasteiger partial charge is 0.398 e. The average Bonchev–Trinajstić information content (AvgIpc) is 2.38. The van der Waals surface area contributed by atoms with Crippen molar-refractivity contribution in [3.8, 4) is 0 Å². The van der Waals surface area contributed by atoms with Gasteiger partial charge in [-0.2, -0.15) is 0 Å². The maximum absolute atomic E-state index is 11.2. The Morgan fingerprint density at radius 3 is 2.55 bits per heavy atom. The summed E-state index contributed by atoms with van der Waals surface area (Å²) in [6.07, 6.45) is 0. The molecule has 2 aromatic rings. The fourth-order valence-electron chi connectivity index (χ4n) is 2.04. The molecule has 0 radical (unpaired) electrons. The zero-order valence-electron chi connectivity index (χ0n) is 11.1. The average molecular weight is 334 g/mol. The first kappa shape index (κ1) is 14.4. The summed E-state index contributed by atoms with van der Waals surface area (Å²) in [6.45, 7) is 2.03. The first-order valence-corrected chi connectivity index (χ1v) is 6.98. The van der Waals surface area contributed by atoms with Gasteiger partial charge in [0.1, 0.15) is 0 Å². The molecule has 0 spiro atoms. The number of carbonyl (C=O) groups is 1. The van der Waals surface area contributed by atoms with E-state index in [0.717, 1.165) is 16.9 Å². The van der Waals surface area contributed by atoms with E-state index in [4.69, 9.17) is 11.5 Å². The molecule has 1 amide bonds. The number of carbonyl (C=O) groups excluding carboxylic acids is 1. The summed E-state index contributed by atoms with van der Waals surface area (Å²) in [5.41, 5.74) is 14.4. The van der Waals surface area contributed by atoms with Crippen molar-refractivity contribution in [1.82, 2.24) is 0 Å². The van der Waals surface area contributed by atoms with Crippen molar-refractivity contribution in [1.29, 1.82) is 0 Å². The maximum atomic E-state index is 11.2. The molecule has 0 aliphatic heterocycles. The summed E-state index contributed by atoms with van der Waals surface area (Å²) in [5.74, 6) is -0.455. The predicted octanol–water partition coefficient (Wildman–Crippen LogP) is 3.30. The number of primary amides is 1. The second kappa shape index (κ2) is 5.96. The van der Waals surface area contributed by atoms with Crippen LogP contribution < -0.4 is 16.8 Å². The van der Waals surface area contributed by atoms with Crippen LogP contribution >= 0.6 is 15.9 Å². The third kappa shape index (κ3) is 3.11. The van der Waals surface area contributed by atoms with Gasteiger partial charge in [-0.3, -0.25) is 4.79 Å². The molecule has 5 heteroatoms. The van der Waals surface area contributed by atoms with Gasteiger partial charge in [-0.15, -0.1) is 0 Å². The van der Waals surface area contributed by atoms with Crippen LogP contribution in [0.1, 0.15) is 28.9 Å². The molecule has 0 fully saturated rings. The second-order valence-corrected chi connectivity index (χ2v) is 5.41. The van der Waals surface area contributed by atoms with Crippen LogP contribution in [-0.4, -0.2) is 5.91 Å². The minimum atomic E-state index is -0.455. The molecule has 1 unspecified atom stereocenters. The molecule has 2 aromatic carbocycles. The van der Waals surface area contributed by atoms with Gasteiger partial charge in [0.2, 0.25) is 5.91 Å². The molecule has 4 nitrogen and oxygen atoms in total. The Kier molecular flexibility index (Phi) is 4.29. The van der Waals surface area contributed by atoms with E-state index in [-0.39, 0.29) is 6.04 Å². The number of hydrogen-bond acceptors (Lipinski definition) is 3. The van der Waals surface area contributed by atoms with Crippen molar-refractivity contribution in [2.24, 2.45) is 5.73 Å². The van der Waals surface area contributed by atoms with Crippen molar-refractivity contribution in [2.75, 3.05) is 11.1 Å². The number of anilines is 2. The second-order valence-electron chi connectivity index (χ2n) is 4.55. The molecule has 1 atom stereocenters. The number of nitrogens with two attached hydrogens (primary N) is 2. The lowest BCUT2D eigenvalue weighted by atomic mass is 10.1. The van der Waals surface area contributed by atoms with Gasteiger partial charge in [-0.25, -0.2) is 0 Å². The molecule has 0 bridgehead atoms. The van der Waals surface area contributed by atoms with Crippen molar-refractivity contribution in [2.45, 2.75) is 13.0 Å². The van der Waals surface area contributed by atoms with Gasteiger partial charge in [0.15, 0.2) is 0 Å². The highest BCUT2D eigenvalue weighted by Crippen LogP contribution is 2.26. The van der Waals surface area contributed by atoms with E-state index in [1.807, 2.05) is 43.3 Å². The Bertz CT molecular complexity index is 643. The van der Waals surface area contributed by atoms with E-state index in [2.05, 4.69) is 21.2 Å². The lowest BCUT2D eigenvalue weighted by molar-refractivity contribution is 0.0999. The van der Waals surface area contributed by atoms with Gasteiger partial charge in [-0.1, -0.05) is 18.2 Å². The van der Waals surface area contributed by atoms with E-state index in [1.165, 1.54) is 0 Å². The van der Waals surface area contributed by atoms with E-state index >= 15 is 0 Å². The zero-order chi connectivity index (χ0) is 14.7. The van der Waals surface area contributed by atoms with Crippen LogP contribution in [0.5, 0.6) is 0 Å². The molecule has 0 heterocycles. The van der Waals surface area contributed by atoms with Crippen molar-refractivity contribution >= 4 is 33.2 Å². The molecule has 2 rings (SSSR count). The fourth-order valence-corrected chi connectivity index (χ4v) is 2.61. The summed E-state index contributed by atoms with van der Waals surface area (Å²) >= 11 is 3.34. The van der Waals surface area contributed by atoms with E-state index in [0.29, 0.717) is 10.0 Å². The molecular formula is C15H16BrN3O. The van der Waals surface area contributed by atoms with Gasteiger partial charge in [-0.05, 0) is 52.7 Å². The summed E-state index contributed by atoms with van der Waals surface area (Å²) in [7, 11) is 0. The minimum Gasteiger partial charge on any atom is -0.398 e. The molecule has 0 saturated heterocycles. The number of rotatable bonds is 4. The number of hydrogen-bond donors (Lipinski definition) is 3. The van der Waals surface area contributed by atoms with Crippen LogP contribution in [0, 0.1) is 0 Å². The molecule has 104 valence electrons. The molecule has 20 heavy (non-hydrogen) atoms. The molecule has 0 saturated carbocycles. The highest BCUT2D eigenvalue weighted by molar-refractivity contribution is 9.10. The van der Waals surface area contributed by atoms with Gasteiger partial charge in [0.25, 0.3) is 0 Å². The predicted molar refractivity (Wildman–Crippen MR) is 85.6 cm³/mol. The van der Waals surface area contributed by atoms with Crippen molar-refractivity contribution < 1.29 is 4.79 Å². The van der Waals surface area contributed by atoms with Gasteiger partial charge in [0, 0.05) is 15.8 Å². The highest BCUT2D eigenvalue weighted by Gasteiger charge is 2.10. The Morgan fingerprint density at radius 2 is 1.95 bits per heavy atom. The third-order valence-electron chi connectivity index (χ3n) is 3.08. The number of nitrogens with one attached hydrogen (secondary N) is 1. The maximum Gasteiger partial charge on any atom is 0.249 e. The van der Waals surface area contributed by atoms with E-state index in [1.54, 1.807) is 6.07 Å². The Balaban J connectivity index is 2.20. The summed E-state index contributed by atoms with van der Waals surface area (Å²) in [6, 6.07) is 13.1. The molecule has 0 aliphatic rings. The first-order valence-electron chi connectivity index (χ1n) is 6.19. The molecule has 0 aromatic heterocycles. The smallest absolute Gasteiger partial charge is 0.249 e. The minimum absolute atomic E-state index is 0.0579. The van der Waals surface area contributed by atoms with Crippen molar-refractivity contribution in [3.05, 3.63) is 58.1 Å². The lowest BCUT2D eigenvalue weighted by Crippen LogP contribution is -2.12. The third-order valence-corrected chi connectivity index (χ3v) is 3.74. The zero-order valence-corrected chi connectivity index (χ0v) is 12.6. The standard InChI is InChI=1S/C15H16BrN3O/c1-9(11-4-2-3-5-14(11)17)19-10-6-7-12(15(18)20)13(16)8-10/h2-9,19H,17H2,1H3,(H2,18,20). The van der Waals surface area contributed by atoms with Crippen LogP contribution in [0.4, 0.5) is 11.4 Å². The molecule has 0 aliphatic carbocycles. The normalized spacial score (nSPS) is 11.9. The number of nitrogen functional groups attached to an aromatic ring is 1. The van der Waals surface area contributed by atoms with Crippen LogP contribution in [-0.2, 0) is 0 Å². The number of amides is 1. The van der Waals surface area contributed by atoms with Gasteiger partial charge >= 0.3 is 0 Å². The molecule has 5 N–H and O–H groups in total. The highest BCUT2D eigenvalue weighted by atomic mass is 79.9. The molecular weight excluding hydrogens is 318 g/mol. The van der Waals surface area contributed by atoms with Crippen LogP contribution in [0.2, 0.25) is 0 Å². The SMILES string of the molecule is CC(Nc1ccc(C(N)=O)c(Br)c1)c1ccccc1N. The topological polar surface area (TPSA) is 81.1 Å². The van der Waals surface area contributed by atoms with Crippen LogP contribution in [0.15, 0.2) is 46.9 Å². The van der Waals surface area contributed by atoms with Gasteiger partial charge in [0.05, 0.1) is 11.6 Å².